The molecule has 108 valence electrons. The van der Waals surface area contributed by atoms with Crippen molar-refractivity contribution < 1.29 is 9.90 Å². The van der Waals surface area contributed by atoms with Crippen LogP contribution in [-0.2, 0) is 6.42 Å². The molecule has 1 N–H and O–H groups in total. The Morgan fingerprint density at radius 1 is 1.05 bits per heavy atom. The molecular formula is C18H19NO2. The SMILES string of the molecule is CC(CCCc1ccccc1C(=O)O)=Nc1ccccc1. The molecule has 0 bridgehead atoms. The predicted octanol–water partition coefficient (Wildman–Crippen LogP) is 4.50. The Morgan fingerprint density at radius 3 is 2.43 bits per heavy atom. The molecule has 0 saturated carbocycles. The van der Waals surface area contributed by atoms with Gasteiger partial charge in [0, 0.05) is 5.71 Å². The normalized spacial score (nSPS) is 11.4. The van der Waals surface area contributed by atoms with Gasteiger partial charge in [0.25, 0.3) is 0 Å². The van der Waals surface area contributed by atoms with Crippen molar-refractivity contribution in [3.05, 3.63) is 65.7 Å². The third kappa shape index (κ3) is 4.56. The van der Waals surface area contributed by atoms with E-state index < -0.39 is 5.97 Å². The second-order valence-corrected chi connectivity index (χ2v) is 5.00. The zero-order valence-corrected chi connectivity index (χ0v) is 12.1. The highest BCUT2D eigenvalue weighted by Gasteiger charge is 2.08. The number of carboxylic acids is 1. The average molecular weight is 281 g/mol. The van der Waals surface area contributed by atoms with Gasteiger partial charge >= 0.3 is 5.97 Å². The molecule has 0 aliphatic rings. The minimum atomic E-state index is -0.861. The van der Waals surface area contributed by atoms with E-state index in [1.165, 1.54) is 0 Å². The summed E-state index contributed by atoms with van der Waals surface area (Å²) in [6.07, 6.45) is 2.51. The van der Waals surface area contributed by atoms with E-state index in [0.717, 1.165) is 36.2 Å². The maximum atomic E-state index is 11.1. The summed E-state index contributed by atoms with van der Waals surface area (Å²) in [5.41, 5.74) is 3.31. The lowest BCUT2D eigenvalue weighted by Gasteiger charge is -2.06. The first-order valence-corrected chi connectivity index (χ1v) is 7.07. The second kappa shape index (κ2) is 7.39. The maximum Gasteiger partial charge on any atom is 0.335 e. The molecule has 0 atom stereocenters. The van der Waals surface area contributed by atoms with Crippen molar-refractivity contribution >= 4 is 17.4 Å². The maximum absolute atomic E-state index is 11.1. The lowest BCUT2D eigenvalue weighted by Crippen LogP contribution is -2.03. The lowest BCUT2D eigenvalue weighted by molar-refractivity contribution is 0.0695. The van der Waals surface area contributed by atoms with E-state index >= 15 is 0 Å². The quantitative estimate of drug-likeness (QED) is 0.792. The van der Waals surface area contributed by atoms with Crippen LogP contribution in [0.4, 0.5) is 5.69 Å². The van der Waals surface area contributed by atoms with Crippen molar-refractivity contribution in [3.8, 4) is 0 Å². The van der Waals surface area contributed by atoms with Gasteiger partial charge in [0.2, 0.25) is 0 Å². The number of nitrogens with zero attached hydrogens (tertiary/aromatic N) is 1. The molecule has 0 aromatic heterocycles. The van der Waals surface area contributed by atoms with Crippen molar-refractivity contribution in [2.45, 2.75) is 26.2 Å². The lowest BCUT2D eigenvalue weighted by atomic mass is 10.0. The number of aryl methyl sites for hydroxylation is 1. The van der Waals surface area contributed by atoms with Crippen molar-refractivity contribution in [2.24, 2.45) is 4.99 Å². The van der Waals surface area contributed by atoms with Crippen LogP contribution in [0.2, 0.25) is 0 Å². The third-order valence-electron chi connectivity index (χ3n) is 3.31. The summed E-state index contributed by atoms with van der Waals surface area (Å²) in [7, 11) is 0. The molecule has 0 unspecified atom stereocenters. The van der Waals surface area contributed by atoms with Gasteiger partial charge in [0.1, 0.15) is 0 Å². The number of carboxylic acid groups (broad SMARTS) is 1. The summed E-state index contributed by atoms with van der Waals surface area (Å²) >= 11 is 0. The topological polar surface area (TPSA) is 49.7 Å². The fourth-order valence-electron chi connectivity index (χ4n) is 2.26. The molecule has 3 nitrogen and oxygen atoms in total. The predicted molar refractivity (Wildman–Crippen MR) is 85.6 cm³/mol. The molecule has 0 aliphatic carbocycles. The summed E-state index contributed by atoms with van der Waals surface area (Å²) < 4.78 is 0. The highest BCUT2D eigenvalue weighted by Crippen LogP contribution is 2.14. The fourth-order valence-corrected chi connectivity index (χ4v) is 2.26. The smallest absolute Gasteiger partial charge is 0.335 e. The molecule has 2 rings (SSSR count). The first-order valence-electron chi connectivity index (χ1n) is 7.07. The molecule has 0 heterocycles. The van der Waals surface area contributed by atoms with Crippen LogP contribution in [0, 0.1) is 0 Å². The van der Waals surface area contributed by atoms with Crippen molar-refractivity contribution in [1.82, 2.24) is 0 Å². The van der Waals surface area contributed by atoms with Crippen LogP contribution in [0.1, 0.15) is 35.7 Å². The van der Waals surface area contributed by atoms with E-state index in [1.54, 1.807) is 12.1 Å². The van der Waals surface area contributed by atoms with Gasteiger partial charge in [-0.1, -0.05) is 36.4 Å². The molecule has 0 radical (unpaired) electrons. The van der Waals surface area contributed by atoms with Gasteiger partial charge in [-0.25, -0.2) is 4.79 Å². The van der Waals surface area contributed by atoms with Gasteiger partial charge in [-0.15, -0.1) is 0 Å². The largest absolute Gasteiger partial charge is 0.478 e. The van der Waals surface area contributed by atoms with E-state index in [-0.39, 0.29) is 0 Å². The molecular weight excluding hydrogens is 262 g/mol. The highest BCUT2D eigenvalue weighted by atomic mass is 16.4. The highest BCUT2D eigenvalue weighted by molar-refractivity contribution is 5.89. The molecule has 0 aliphatic heterocycles. The number of aliphatic imine (C=N–C) groups is 1. The third-order valence-corrected chi connectivity index (χ3v) is 3.31. The van der Waals surface area contributed by atoms with E-state index in [2.05, 4.69) is 4.99 Å². The van der Waals surface area contributed by atoms with Gasteiger partial charge in [0.05, 0.1) is 11.3 Å². The fraction of sp³-hybridized carbons (Fsp3) is 0.222. The van der Waals surface area contributed by atoms with Crippen molar-refractivity contribution in [1.29, 1.82) is 0 Å². The van der Waals surface area contributed by atoms with Gasteiger partial charge in [-0.2, -0.15) is 0 Å². The van der Waals surface area contributed by atoms with Crippen LogP contribution in [0.5, 0.6) is 0 Å². The van der Waals surface area contributed by atoms with Crippen LogP contribution in [0.25, 0.3) is 0 Å². The van der Waals surface area contributed by atoms with E-state index in [1.807, 2.05) is 49.4 Å². The minimum Gasteiger partial charge on any atom is -0.478 e. The van der Waals surface area contributed by atoms with E-state index in [9.17, 15) is 4.79 Å². The molecule has 2 aromatic rings. The Balaban J connectivity index is 1.93. The zero-order valence-electron chi connectivity index (χ0n) is 12.1. The summed E-state index contributed by atoms with van der Waals surface area (Å²) in [6.45, 7) is 2.01. The number of benzene rings is 2. The number of aromatic carboxylic acids is 1. The molecule has 21 heavy (non-hydrogen) atoms. The minimum absolute atomic E-state index is 0.398. The van der Waals surface area contributed by atoms with Gasteiger partial charge in [-0.3, -0.25) is 4.99 Å². The first kappa shape index (κ1) is 15.0. The Kier molecular flexibility index (Phi) is 5.27. The Bertz CT molecular complexity index is 633. The van der Waals surface area contributed by atoms with Crippen LogP contribution in [0.15, 0.2) is 59.6 Å². The standard InChI is InChI=1S/C18H19NO2/c1-14(19-16-11-3-2-4-12-16)8-7-10-15-9-5-6-13-17(15)18(20)21/h2-6,9,11-13H,7-8,10H2,1H3,(H,20,21). The Labute approximate surface area is 125 Å². The van der Waals surface area contributed by atoms with Gasteiger partial charge < -0.3 is 5.11 Å². The first-order chi connectivity index (χ1) is 10.2. The summed E-state index contributed by atoms with van der Waals surface area (Å²) in [4.78, 5) is 15.7. The molecule has 2 aromatic carbocycles. The van der Waals surface area contributed by atoms with Crippen LogP contribution >= 0.6 is 0 Å². The average Bonchev–Trinajstić information content (AvgIpc) is 2.48. The van der Waals surface area contributed by atoms with Crippen LogP contribution in [0.3, 0.4) is 0 Å². The molecule has 0 amide bonds. The number of hydrogen-bond acceptors (Lipinski definition) is 2. The van der Waals surface area contributed by atoms with E-state index in [0.29, 0.717) is 5.56 Å². The Morgan fingerprint density at radius 2 is 1.71 bits per heavy atom. The van der Waals surface area contributed by atoms with E-state index in [4.69, 9.17) is 5.11 Å². The number of para-hydroxylation sites is 1. The second-order valence-electron chi connectivity index (χ2n) is 5.00. The van der Waals surface area contributed by atoms with Crippen LogP contribution in [-0.4, -0.2) is 16.8 Å². The van der Waals surface area contributed by atoms with Crippen LogP contribution < -0.4 is 0 Å². The van der Waals surface area contributed by atoms with Gasteiger partial charge in [0.15, 0.2) is 0 Å². The monoisotopic (exact) mass is 281 g/mol. The summed E-state index contributed by atoms with van der Waals surface area (Å²) in [5.74, 6) is -0.861. The number of rotatable bonds is 6. The zero-order chi connectivity index (χ0) is 15.1. The van der Waals surface area contributed by atoms with Crippen molar-refractivity contribution in [3.63, 3.8) is 0 Å². The summed E-state index contributed by atoms with van der Waals surface area (Å²) in [6, 6.07) is 17.0. The number of carbonyl (C=O) groups is 1. The Hall–Kier alpha value is -2.42. The molecule has 0 fully saturated rings. The molecule has 3 heteroatoms. The van der Waals surface area contributed by atoms with Gasteiger partial charge in [-0.05, 0) is 49.9 Å². The molecule has 0 spiro atoms. The number of hydrogen-bond donors (Lipinski definition) is 1. The molecule has 0 saturated heterocycles. The summed E-state index contributed by atoms with van der Waals surface area (Å²) in [5, 5.41) is 9.15. The van der Waals surface area contributed by atoms with Crippen molar-refractivity contribution in [2.75, 3.05) is 0 Å².